The fourth-order valence-corrected chi connectivity index (χ4v) is 2.89. The zero-order valence-electron chi connectivity index (χ0n) is 15.6. The van der Waals surface area contributed by atoms with Gasteiger partial charge in [-0.15, -0.1) is 0 Å². The third-order valence-corrected chi connectivity index (χ3v) is 4.16. The lowest BCUT2D eigenvalue weighted by molar-refractivity contribution is 0.0522. The molecule has 27 heavy (non-hydrogen) atoms. The Morgan fingerprint density at radius 1 is 1.19 bits per heavy atom. The Balaban J connectivity index is 1.71. The van der Waals surface area contributed by atoms with Crippen LogP contribution in [0.25, 0.3) is 0 Å². The molecule has 0 spiro atoms. The molecule has 1 amide bonds. The first-order valence-corrected chi connectivity index (χ1v) is 8.88. The highest BCUT2D eigenvalue weighted by Gasteiger charge is 2.43. The minimum atomic E-state index is -0.746. The highest BCUT2D eigenvalue weighted by molar-refractivity contribution is 5.69. The van der Waals surface area contributed by atoms with E-state index < -0.39 is 23.3 Å². The Hall–Kier alpha value is -2.63. The lowest BCUT2D eigenvalue weighted by atomic mass is 10.1. The molecule has 3 rings (SSSR count). The minimum Gasteiger partial charge on any atom is -0.486 e. The van der Waals surface area contributed by atoms with E-state index in [9.17, 15) is 13.6 Å². The topological polar surface area (TPSA) is 47.6 Å². The molecule has 1 fully saturated rings. The van der Waals surface area contributed by atoms with Gasteiger partial charge in [0.25, 0.3) is 0 Å². The monoisotopic (exact) mass is 375 g/mol. The van der Waals surface area contributed by atoms with E-state index >= 15 is 0 Å². The van der Waals surface area contributed by atoms with Crippen LogP contribution in [0.1, 0.15) is 44.2 Å². The van der Waals surface area contributed by atoms with Gasteiger partial charge in [-0.25, -0.2) is 13.6 Å². The molecular formula is C21H23F2NO3. The zero-order valence-corrected chi connectivity index (χ0v) is 15.6. The lowest BCUT2D eigenvalue weighted by Crippen LogP contribution is -2.34. The van der Waals surface area contributed by atoms with Crippen LogP contribution in [-0.2, 0) is 11.3 Å². The third-order valence-electron chi connectivity index (χ3n) is 4.16. The number of carbonyl (C=O) groups is 1. The Bertz CT molecular complexity index is 818. The van der Waals surface area contributed by atoms with Crippen LogP contribution in [0.5, 0.6) is 5.75 Å². The van der Waals surface area contributed by atoms with Gasteiger partial charge in [-0.3, -0.25) is 0 Å². The van der Waals surface area contributed by atoms with E-state index in [0.717, 1.165) is 11.6 Å². The van der Waals surface area contributed by atoms with Gasteiger partial charge in [0.1, 0.15) is 18.0 Å². The number of halogens is 2. The Kier molecular flexibility index (Phi) is 5.35. The van der Waals surface area contributed by atoms with Crippen LogP contribution in [-0.4, -0.2) is 17.7 Å². The van der Waals surface area contributed by atoms with Gasteiger partial charge in [-0.1, -0.05) is 30.3 Å². The molecule has 2 unspecified atom stereocenters. The summed E-state index contributed by atoms with van der Waals surface area (Å²) < 4.78 is 39.0. The van der Waals surface area contributed by atoms with Crippen LogP contribution in [0.15, 0.2) is 42.5 Å². The number of ether oxygens (including phenoxy) is 2. The van der Waals surface area contributed by atoms with Crippen molar-refractivity contribution >= 4 is 6.09 Å². The van der Waals surface area contributed by atoms with Gasteiger partial charge in [0.05, 0.1) is 0 Å². The molecule has 0 saturated heterocycles. The predicted octanol–water partition coefficient (Wildman–Crippen LogP) is 4.92. The number of hydrogen-bond acceptors (Lipinski definition) is 3. The maximum absolute atomic E-state index is 14.3. The number of benzene rings is 2. The average Bonchev–Trinajstić information content (AvgIpc) is 3.31. The van der Waals surface area contributed by atoms with E-state index in [4.69, 9.17) is 9.47 Å². The molecule has 2 atom stereocenters. The second-order valence-corrected chi connectivity index (χ2v) is 7.68. The van der Waals surface area contributed by atoms with Gasteiger partial charge in [0.2, 0.25) is 0 Å². The van der Waals surface area contributed by atoms with E-state index in [1.54, 1.807) is 20.8 Å². The molecule has 0 aliphatic heterocycles. The summed E-state index contributed by atoms with van der Waals surface area (Å²) in [7, 11) is 0. The maximum atomic E-state index is 14.3. The molecule has 6 heteroatoms. The van der Waals surface area contributed by atoms with E-state index in [2.05, 4.69) is 5.32 Å². The standard InChI is InChI=1S/C21H23F2NO3/c1-21(2,3)27-20(25)24-18-11-15(18)16-9-14(22)10-17(23)19(16)26-12-13-7-5-4-6-8-13/h4-10,15,18H,11-12H2,1-3H3,(H,24,25). The molecule has 0 bridgehead atoms. The summed E-state index contributed by atoms with van der Waals surface area (Å²) in [5.74, 6) is -1.60. The fraction of sp³-hybridized carbons (Fsp3) is 0.381. The maximum Gasteiger partial charge on any atom is 0.407 e. The molecule has 2 aromatic carbocycles. The van der Waals surface area contributed by atoms with Crippen LogP contribution < -0.4 is 10.1 Å². The van der Waals surface area contributed by atoms with Crippen molar-refractivity contribution in [3.05, 3.63) is 65.2 Å². The molecule has 1 aliphatic carbocycles. The number of hydrogen-bond donors (Lipinski definition) is 1. The summed E-state index contributed by atoms with van der Waals surface area (Å²) in [6.07, 6.45) is 0.0303. The van der Waals surface area contributed by atoms with Gasteiger partial charge >= 0.3 is 6.09 Å². The molecule has 4 nitrogen and oxygen atoms in total. The molecule has 0 heterocycles. The summed E-state index contributed by atoms with van der Waals surface area (Å²) in [6, 6.07) is 11.2. The smallest absolute Gasteiger partial charge is 0.407 e. The number of rotatable bonds is 5. The Labute approximate surface area is 157 Å². The van der Waals surface area contributed by atoms with Crippen molar-refractivity contribution in [2.24, 2.45) is 0 Å². The predicted molar refractivity (Wildman–Crippen MR) is 97.6 cm³/mol. The molecule has 144 valence electrons. The fourth-order valence-electron chi connectivity index (χ4n) is 2.89. The molecule has 0 aromatic heterocycles. The molecule has 1 aliphatic rings. The van der Waals surface area contributed by atoms with Gasteiger partial charge in [-0.2, -0.15) is 0 Å². The summed E-state index contributed by atoms with van der Waals surface area (Å²) in [6.45, 7) is 5.49. The van der Waals surface area contributed by atoms with Gasteiger partial charge in [-0.05, 0) is 38.8 Å². The quantitative estimate of drug-likeness (QED) is 0.807. The van der Waals surface area contributed by atoms with Crippen molar-refractivity contribution in [2.45, 2.75) is 51.4 Å². The van der Waals surface area contributed by atoms with Gasteiger partial charge in [0.15, 0.2) is 11.6 Å². The van der Waals surface area contributed by atoms with E-state index in [1.165, 1.54) is 6.07 Å². The first kappa shape index (κ1) is 19.1. The van der Waals surface area contributed by atoms with Crippen LogP contribution in [0.2, 0.25) is 0 Å². The van der Waals surface area contributed by atoms with Crippen LogP contribution in [0.3, 0.4) is 0 Å². The summed E-state index contributed by atoms with van der Waals surface area (Å²) in [5.41, 5.74) is 0.694. The highest BCUT2D eigenvalue weighted by Crippen LogP contribution is 2.46. The van der Waals surface area contributed by atoms with Crippen molar-refractivity contribution in [1.29, 1.82) is 0 Å². The molecule has 2 aromatic rings. The third kappa shape index (κ3) is 5.18. The SMILES string of the molecule is CC(C)(C)OC(=O)NC1CC1c1cc(F)cc(F)c1OCc1ccccc1. The molecule has 0 radical (unpaired) electrons. The van der Waals surface area contributed by atoms with Crippen molar-refractivity contribution in [2.75, 3.05) is 0 Å². The summed E-state index contributed by atoms with van der Waals surface area (Å²) in [4.78, 5) is 11.9. The van der Waals surface area contributed by atoms with E-state index in [-0.39, 0.29) is 24.3 Å². The van der Waals surface area contributed by atoms with Gasteiger partial charge < -0.3 is 14.8 Å². The van der Waals surface area contributed by atoms with Crippen LogP contribution in [0, 0.1) is 11.6 Å². The van der Waals surface area contributed by atoms with Crippen LogP contribution >= 0.6 is 0 Å². The van der Waals surface area contributed by atoms with Crippen molar-refractivity contribution in [3.8, 4) is 5.75 Å². The molecule has 1 N–H and O–H groups in total. The summed E-state index contributed by atoms with van der Waals surface area (Å²) >= 11 is 0. The first-order valence-electron chi connectivity index (χ1n) is 8.88. The van der Waals surface area contributed by atoms with E-state index in [1.807, 2.05) is 30.3 Å². The Morgan fingerprint density at radius 2 is 1.89 bits per heavy atom. The number of nitrogens with one attached hydrogen (secondary N) is 1. The largest absolute Gasteiger partial charge is 0.486 e. The minimum absolute atomic E-state index is 0.0266. The molecule has 1 saturated carbocycles. The van der Waals surface area contributed by atoms with Crippen molar-refractivity contribution in [3.63, 3.8) is 0 Å². The van der Waals surface area contributed by atoms with Crippen molar-refractivity contribution in [1.82, 2.24) is 5.32 Å². The average molecular weight is 375 g/mol. The number of alkyl carbamates (subject to hydrolysis) is 1. The second kappa shape index (κ2) is 7.55. The number of amides is 1. The second-order valence-electron chi connectivity index (χ2n) is 7.68. The van der Waals surface area contributed by atoms with Crippen LogP contribution in [0.4, 0.5) is 13.6 Å². The Morgan fingerprint density at radius 3 is 2.56 bits per heavy atom. The summed E-state index contributed by atoms with van der Waals surface area (Å²) in [5, 5.41) is 2.74. The normalized spacial score (nSPS) is 18.7. The number of carbonyl (C=O) groups excluding carboxylic acids is 1. The highest BCUT2D eigenvalue weighted by atomic mass is 19.1. The van der Waals surface area contributed by atoms with E-state index in [0.29, 0.717) is 12.0 Å². The first-order chi connectivity index (χ1) is 12.7. The molecular weight excluding hydrogens is 352 g/mol. The van der Waals surface area contributed by atoms with Crippen molar-refractivity contribution < 1.29 is 23.0 Å². The lowest BCUT2D eigenvalue weighted by Gasteiger charge is -2.20. The van der Waals surface area contributed by atoms with Gasteiger partial charge in [0, 0.05) is 23.6 Å². The zero-order chi connectivity index (χ0) is 19.6.